The highest BCUT2D eigenvalue weighted by molar-refractivity contribution is 6.34. The van der Waals surface area contributed by atoms with E-state index in [1.807, 2.05) is 45.0 Å². The molecule has 0 radical (unpaired) electrons. The molecular formula is C23H28ClN5O3. The van der Waals surface area contributed by atoms with Crippen LogP contribution < -0.4 is 21.9 Å². The summed E-state index contributed by atoms with van der Waals surface area (Å²) in [5.41, 5.74) is 5.03. The van der Waals surface area contributed by atoms with Crippen LogP contribution in [0.15, 0.2) is 39.9 Å². The lowest BCUT2D eigenvalue weighted by Crippen LogP contribution is -2.42. The third-order valence-corrected chi connectivity index (χ3v) is 5.60. The highest BCUT2D eigenvalue weighted by Gasteiger charge is 2.26. The predicted octanol–water partition coefficient (Wildman–Crippen LogP) is 3.81. The number of unbranched alkanes of at least 4 members (excludes halogenated alkanes) is 1. The van der Waals surface area contributed by atoms with Gasteiger partial charge >= 0.3 is 5.69 Å². The Morgan fingerprint density at radius 3 is 2.69 bits per heavy atom. The normalized spacial score (nSPS) is 11.3. The molecule has 3 rings (SSSR count). The number of halogens is 1. The van der Waals surface area contributed by atoms with Crippen molar-refractivity contribution in [3.63, 3.8) is 0 Å². The van der Waals surface area contributed by atoms with Gasteiger partial charge in [-0.2, -0.15) is 0 Å². The number of carbonyl (C=O) groups excluding carboxylic acids is 1. The van der Waals surface area contributed by atoms with Crippen LogP contribution in [0.5, 0.6) is 0 Å². The summed E-state index contributed by atoms with van der Waals surface area (Å²) in [7, 11) is 0. The van der Waals surface area contributed by atoms with Gasteiger partial charge in [0.25, 0.3) is 11.5 Å². The molecule has 0 unspecified atom stereocenters. The van der Waals surface area contributed by atoms with E-state index in [1.54, 1.807) is 6.07 Å². The van der Waals surface area contributed by atoms with Crippen molar-refractivity contribution in [2.24, 2.45) is 5.92 Å². The number of hydrogen-bond acceptors (Lipinski definition) is 5. The fourth-order valence-corrected chi connectivity index (χ4v) is 3.75. The van der Waals surface area contributed by atoms with Crippen molar-refractivity contribution in [1.29, 1.82) is 0 Å². The summed E-state index contributed by atoms with van der Waals surface area (Å²) in [5, 5.41) is 1.68. The maximum Gasteiger partial charge on any atom is 0.330 e. The van der Waals surface area contributed by atoms with Crippen molar-refractivity contribution in [1.82, 2.24) is 14.5 Å². The van der Waals surface area contributed by atoms with Gasteiger partial charge in [-0.25, -0.2) is 9.78 Å². The monoisotopic (exact) mass is 457 g/mol. The quantitative estimate of drug-likeness (QED) is 0.499. The van der Waals surface area contributed by atoms with Crippen molar-refractivity contribution in [3.05, 3.63) is 62.0 Å². The minimum atomic E-state index is -0.704. The Kier molecular flexibility index (Phi) is 7.35. The number of amides is 1. The lowest BCUT2D eigenvalue weighted by Gasteiger charge is -2.25. The second-order valence-electron chi connectivity index (χ2n) is 8.16. The third-order valence-electron chi connectivity index (χ3n) is 5.31. The van der Waals surface area contributed by atoms with E-state index in [0.29, 0.717) is 19.4 Å². The molecule has 1 amide bonds. The number of nitrogens with one attached hydrogen (secondary N) is 1. The van der Waals surface area contributed by atoms with Gasteiger partial charge < -0.3 is 5.73 Å². The number of nitrogens with zero attached hydrogens (tertiary/aromatic N) is 3. The fraction of sp³-hybridized carbons (Fsp3) is 0.391. The van der Waals surface area contributed by atoms with E-state index in [2.05, 4.69) is 9.97 Å². The minimum Gasteiger partial charge on any atom is -0.383 e. The largest absolute Gasteiger partial charge is 0.383 e. The lowest BCUT2D eigenvalue weighted by molar-refractivity contribution is 0.0981. The van der Waals surface area contributed by atoms with Gasteiger partial charge in [-0.1, -0.05) is 63.1 Å². The summed E-state index contributed by atoms with van der Waals surface area (Å²) in [6, 6.07) is 8.98. The maximum absolute atomic E-state index is 13.6. The zero-order valence-corrected chi connectivity index (χ0v) is 19.3. The number of H-pyrrole nitrogens is 1. The molecule has 2 aromatic heterocycles. The number of aromatic nitrogens is 3. The van der Waals surface area contributed by atoms with Gasteiger partial charge in [0, 0.05) is 18.5 Å². The molecule has 9 heteroatoms. The smallest absolute Gasteiger partial charge is 0.330 e. The van der Waals surface area contributed by atoms with Crippen molar-refractivity contribution in [2.45, 2.75) is 46.6 Å². The molecule has 170 valence electrons. The van der Waals surface area contributed by atoms with Gasteiger partial charge in [0.2, 0.25) is 0 Å². The Balaban J connectivity index is 2.15. The van der Waals surface area contributed by atoms with E-state index in [-0.39, 0.29) is 34.8 Å². The first-order valence-corrected chi connectivity index (χ1v) is 11.1. The van der Waals surface area contributed by atoms with E-state index < -0.39 is 17.2 Å². The fourth-order valence-electron chi connectivity index (χ4n) is 3.48. The molecule has 0 aliphatic heterocycles. The number of pyridine rings is 1. The molecule has 8 nitrogen and oxygen atoms in total. The summed E-state index contributed by atoms with van der Waals surface area (Å²) in [6.07, 6.45) is 2.17. The summed E-state index contributed by atoms with van der Waals surface area (Å²) >= 11 is 6.33. The average molecular weight is 458 g/mol. The Bertz CT molecular complexity index is 1250. The number of aromatic amines is 1. The molecule has 32 heavy (non-hydrogen) atoms. The molecule has 0 saturated heterocycles. The van der Waals surface area contributed by atoms with Crippen LogP contribution in [-0.4, -0.2) is 27.0 Å². The summed E-state index contributed by atoms with van der Waals surface area (Å²) < 4.78 is 1.30. The van der Waals surface area contributed by atoms with Crippen molar-refractivity contribution >= 4 is 39.8 Å². The summed E-state index contributed by atoms with van der Waals surface area (Å²) in [6.45, 7) is 6.60. The molecule has 2 heterocycles. The standard InChI is InChI=1S/C23H28ClN5O3/c1-4-5-11-29-20(25)18(21(30)27-23(29)32)28(12-10-14(2)3)22(31)17-13-15-8-6-7-9-16(15)19(24)26-17/h6-9,13-14H,4-5,10-12,25H2,1-3H3,(H,27,30,32). The van der Waals surface area contributed by atoms with Gasteiger partial charge in [-0.15, -0.1) is 0 Å². The molecule has 0 bridgehead atoms. The highest BCUT2D eigenvalue weighted by atomic mass is 35.5. The second kappa shape index (κ2) is 9.99. The topological polar surface area (TPSA) is 114 Å². The summed E-state index contributed by atoms with van der Waals surface area (Å²) in [5.74, 6) is -0.267. The molecule has 0 atom stereocenters. The number of benzene rings is 1. The van der Waals surface area contributed by atoms with E-state index in [1.165, 1.54) is 9.47 Å². The maximum atomic E-state index is 13.6. The lowest BCUT2D eigenvalue weighted by atomic mass is 10.1. The second-order valence-corrected chi connectivity index (χ2v) is 8.52. The van der Waals surface area contributed by atoms with Crippen LogP contribution in [-0.2, 0) is 6.54 Å². The van der Waals surface area contributed by atoms with Gasteiger partial charge in [0.15, 0.2) is 5.69 Å². The summed E-state index contributed by atoms with van der Waals surface area (Å²) in [4.78, 5) is 46.6. The van der Waals surface area contributed by atoms with Crippen LogP contribution in [0.3, 0.4) is 0 Å². The minimum absolute atomic E-state index is 0.0313. The number of nitrogen functional groups attached to an aromatic ring is 1. The Morgan fingerprint density at radius 2 is 2.00 bits per heavy atom. The number of carbonyl (C=O) groups is 1. The molecule has 0 fully saturated rings. The van der Waals surface area contributed by atoms with Gasteiger partial charge in [0.05, 0.1) is 0 Å². The molecule has 3 aromatic rings. The van der Waals surface area contributed by atoms with E-state index >= 15 is 0 Å². The van der Waals surface area contributed by atoms with E-state index in [4.69, 9.17) is 17.3 Å². The van der Waals surface area contributed by atoms with Crippen LogP contribution in [0.1, 0.15) is 50.5 Å². The number of anilines is 2. The van der Waals surface area contributed by atoms with E-state index in [9.17, 15) is 14.4 Å². The predicted molar refractivity (Wildman–Crippen MR) is 129 cm³/mol. The number of rotatable bonds is 8. The number of fused-ring (bicyclic) bond motifs is 1. The van der Waals surface area contributed by atoms with Crippen LogP contribution in [0.4, 0.5) is 11.5 Å². The first-order chi connectivity index (χ1) is 15.2. The Labute approximate surface area is 191 Å². The van der Waals surface area contributed by atoms with Gasteiger partial charge in [-0.05, 0) is 30.2 Å². The molecule has 1 aromatic carbocycles. The first kappa shape index (κ1) is 23.5. The Morgan fingerprint density at radius 1 is 1.28 bits per heavy atom. The number of hydrogen-bond donors (Lipinski definition) is 2. The highest BCUT2D eigenvalue weighted by Crippen LogP contribution is 2.25. The molecule has 0 spiro atoms. The first-order valence-electron chi connectivity index (χ1n) is 10.7. The zero-order chi connectivity index (χ0) is 23.4. The number of nitrogens with two attached hydrogens (primary N) is 1. The molecule has 3 N–H and O–H groups in total. The molecular weight excluding hydrogens is 430 g/mol. The molecule has 0 saturated carbocycles. The average Bonchev–Trinajstić information content (AvgIpc) is 2.75. The van der Waals surface area contributed by atoms with Gasteiger partial charge in [0.1, 0.15) is 16.7 Å². The molecule has 0 aliphatic carbocycles. The van der Waals surface area contributed by atoms with E-state index in [0.717, 1.165) is 17.2 Å². The van der Waals surface area contributed by atoms with Crippen LogP contribution in [0.25, 0.3) is 10.8 Å². The third kappa shape index (κ3) is 4.85. The zero-order valence-electron chi connectivity index (χ0n) is 18.5. The van der Waals surface area contributed by atoms with Crippen molar-refractivity contribution in [3.8, 4) is 0 Å². The van der Waals surface area contributed by atoms with Crippen LogP contribution in [0.2, 0.25) is 5.15 Å². The molecule has 0 aliphatic rings. The SMILES string of the molecule is CCCCn1c(N)c(N(CCC(C)C)C(=O)c2cc3ccccc3c(Cl)n2)c(=O)[nH]c1=O. The Hall–Kier alpha value is -3.13. The van der Waals surface area contributed by atoms with Crippen molar-refractivity contribution in [2.75, 3.05) is 17.2 Å². The van der Waals surface area contributed by atoms with Gasteiger partial charge in [-0.3, -0.25) is 24.0 Å². The van der Waals surface area contributed by atoms with Crippen LogP contribution in [0, 0.1) is 5.92 Å². The van der Waals surface area contributed by atoms with Crippen molar-refractivity contribution < 1.29 is 4.79 Å². The van der Waals surface area contributed by atoms with Crippen LogP contribution >= 0.6 is 11.6 Å².